The summed E-state index contributed by atoms with van der Waals surface area (Å²) in [5, 5.41) is 26.4. The number of fused-ring (bicyclic) bond motifs is 3. The van der Waals surface area contributed by atoms with Gasteiger partial charge < -0.3 is 10.2 Å². The van der Waals surface area contributed by atoms with Crippen LogP contribution in [-0.4, -0.2) is 40.4 Å². The zero-order valence-corrected chi connectivity index (χ0v) is 29.1. The molecular weight excluding hydrogens is 636 g/mol. The fraction of sp³-hybridized carbons (Fsp3) is 0.0222. The van der Waals surface area contributed by atoms with E-state index in [0.29, 0.717) is 11.0 Å². The fourth-order valence-corrected chi connectivity index (χ4v) is 7.91. The van der Waals surface area contributed by atoms with Crippen molar-refractivity contribution in [2.24, 2.45) is 0 Å². The number of pyridine rings is 1. The smallest absolute Gasteiger partial charge is 0.159 e. The molecule has 246 valence electrons. The summed E-state index contributed by atoms with van der Waals surface area (Å²) in [7, 11) is 3.83. The molecule has 5 nitrogen and oxygen atoms in total. The van der Waals surface area contributed by atoms with E-state index in [0.717, 1.165) is 66.6 Å². The van der Waals surface area contributed by atoms with E-state index in [1.807, 2.05) is 53.2 Å². The summed E-state index contributed by atoms with van der Waals surface area (Å²) in [6, 6.07) is 46.9. The Morgan fingerprint density at radius 2 is 1.12 bits per heavy atom. The monoisotopic (exact) mass is 669 g/mol. The summed E-state index contributed by atoms with van der Waals surface area (Å²) >= 11 is 0. The van der Waals surface area contributed by atoms with Crippen molar-refractivity contribution in [1.29, 1.82) is 0 Å². The Morgan fingerprint density at radius 1 is 0.538 bits per heavy atom. The second-order valence-electron chi connectivity index (χ2n) is 13.4. The molecular formula is C45H33B2N3O2. The maximum Gasteiger partial charge on any atom is 0.159 e. The Kier molecular flexibility index (Phi) is 7.44. The van der Waals surface area contributed by atoms with Crippen LogP contribution in [0.1, 0.15) is 5.56 Å². The van der Waals surface area contributed by atoms with Crippen molar-refractivity contribution in [2.75, 3.05) is 0 Å². The lowest BCUT2D eigenvalue weighted by Gasteiger charge is -2.21. The predicted molar refractivity (Wildman–Crippen MR) is 220 cm³/mol. The van der Waals surface area contributed by atoms with Gasteiger partial charge in [0, 0.05) is 23.6 Å². The van der Waals surface area contributed by atoms with Gasteiger partial charge in [-0.3, -0.25) is 9.55 Å². The maximum absolute atomic E-state index is 11.0. The predicted octanol–water partition coefficient (Wildman–Crippen LogP) is 7.63. The van der Waals surface area contributed by atoms with Gasteiger partial charge in [0.25, 0.3) is 0 Å². The highest BCUT2D eigenvalue weighted by molar-refractivity contribution is 6.44. The maximum atomic E-state index is 11.0. The molecule has 0 atom stereocenters. The van der Waals surface area contributed by atoms with E-state index >= 15 is 0 Å². The summed E-state index contributed by atoms with van der Waals surface area (Å²) in [6.07, 6.45) is 3.70. The van der Waals surface area contributed by atoms with Crippen LogP contribution < -0.4 is 10.9 Å². The second kappa shape index (κ2) is 12.3. The van der Waals surface area contributed by atoms with Gasteiger partial charge in [-0.2, -0.15) is 0 Å². The van der Waals surface area contributed by atoms with Crippen LogP contribution in [0.15, 0.2) is 146 Å². The lowest BCUT2D eigenvalue weighted by atomic mass is 9.80. The van der Waals surface area contributed by atoms with Crippen LogP contribution in [0, 0.1) is 6.92 Å². The molecule has 2 aromatic heterocycles. The van der Waals surface area contributed by atoms with Gasteiger partial charge in [-0.15, -0.1) is 0 Å². The Labute approximate surface area is 303 Å². The van der Waals surface area contributed by atoms with Gasteiger partial charge >= 0.3 is 0 Å². The van der Waals surface area contributed by atoms with E-state index in [1.165, 1.54) is 21.9 Å². The molecule has 0 amide bonds. The minimum absolute atomic E-state index is 0.0858. The highest BCUT2D eigenvalue weighted by atomic mass is 16.3. The number of phenols is 2. The topological polar surface area (TPSA) is 71.2 Å². The third-order valence-corrected chi connectivity index (χ3v) is 10.5. The van der Waals surface area contributed by atoms with E-state index in [9.17, 15) is 10.2 Å². The van der Waals surface area contributed by atoms with Crippen LogP contribution in [0.4, 0.5) is 0 Å². The van der Waals surface area contributed by atoms with Crippen molar-refractivity contribution < 1.29 is 10.2 Å². The minimum atomic E-state index is -0.112. The number of hydrogen-bond acceptors (Lipinski definition) is 4. The van der Waals surface area contributed by atoms with Crippen LogP contribution in [-0.2, 0) is 0 Å². The molecule has 7 heteroatoms. The number of hydrogen-bond donors (Lipinski definition) is 2. The molecule has 0 fully saturated rings. The third kappa shape index (κ3) is 4.81. The van der Waals surface area contributed by atoms with Gasteiger partial charge in [0.2, 0.25) is 0 Å². The molecule has 0 unspecified atom stereocenters. The molecule has 7 aromatic carbocycles. The highest BCUT2D eigenvalue weighted by Gasteiger charge is 2.24. The molecule has 9 rings (SSSR count). The molecule has 0 bridgehead atoms. The SMILES string of the molecule is Bc1c(C)c(O)c(O)c(B)c1-n1c(-c2cccc(-c3c4ccccc4c(-c4ccccc4-c4ccncc4)c4ccccc34)c2)nc2ccccc21. The third-order valence-electron chi connectivity index (χ3n) is 10.5. The van der Waals surface area contributed by atoms with E-state index in [1.54, 1.807) is 0 Å². The van der Waals surface area contributed by atoms with Crippen molar-refractivity contribution >= 4 is 59.2 Å². The first-order valence-corrected chi connectivity index (χ1v) is 17.5. The molecule has 0 spiro atoms. The van der Waals surface area contributed by atoms with Crippen molar-refractivity contribution in [1.82, 2.24) is 14.5 Å². The van der Waals surface area contributed by atoms with Gasteiger partial charge in [0.05, 0.1) is 11.0 Å². The van der Waals surface area contributed by atoms with Gasteiger partial charge in [0.15, 0.2) is 11.5 Å². The summed E-state index contributed by atoms with van der Waals surface area (Å²) < 4.78 is 2.13. The zero-order chi connectivity index (χ0) is 35.5. The van der Waals surface area contributed by atoms with Crippen molar-refractivity contribution in [3.8, 4) is 62.0 Å². The van der Waals surface area contributed by atoms with Crippen molar-refractivity contribution in [3.05, 3.63) is 151 Å². The molecule has 0 aliphatic carbocycles. The number of benzene rings is 7. The van der Waals surface area contributed by atoms with Crippen molar-refractivity contribution in [3.63, 3.8) is 0 Å². The Bertz CT molecular complexity index is 2780. The number of aromatic hydroxyl groups is 2. The standard InChI is InChI=1S/C45H33B2N3O2/c1-26-40(46)42(41(47)44(52)43(26)51)50-37-20-9-8-19-36(37)49-45(50)29-12-10-11-28(25-29)38-32-15-4-6-17-34(32)39(35-18-7-5-16-33(35)38)31-14-3-2-13-30(31)27-21-23-48-24-22-27/h2-25,51-52H,46-47H2,1H3. The molecule has 0 saturated heterocycles. The van der Waals surface area contributed by atoms with Gasteiger partial charge in [-0.05, 0) is 103 Å². The van der Waals surface area contributed by atoms with Gasteiger partial charge in [-0.1, -0.05) is 109 Å². The molecule has 52 heavy (non-hydrogen) atoms. The Morgan fingerprint density at radius 3 is 1.81 bits per heavy atom. The number of para-hydroxylation sites is 2. The summed E-state index contributed by atoms with van der Waals surface area (Å²) in [6.45, 7) is 1.84. The van der Waals surface area contributed by atoms with E-state index in [-0.39, 0.29) is 11.5 Å². The first kappa shape index (κ1) is 31.4. The fourth-order valence-electron chi connectivity index (χ4n) is 7.91. The highest BCUT2D eigenvalue weighted by Crippen LogP contribution is 2.46. The van der Waals surface area contributed by atoms with Gasteiger partial charge in [-0.25, -0.2) is 4.98 Å². The van der Waals surface area contributed by atoms with Gasteiger partial charge in [0.1, 0.15) is 21.5 Å². The quantitative estimate of drug-likeness (QED) is 0.112. The van der Waals surface area contributed by atoms with Crippen LogP contribution >= 0.6 is 0 Å². The molecule has 0 aliphatic rings. The van der Waals surface area contributed by atoms with Crippen LogP contribution in [0.2, 0.25) is 0 Å². The summed E-state index contributed by atoms with van der Waals surface area (Å²) in [4.78, 5) is 9.46. The first-order chi connectivity index (χ1) is 25.4. The van der Waals surface area contributed by atoms with Crippen LogP contribution in [0.3, 0.4) is 0 Å². The largest absolute Gasteiger partial charge is 0.505 e. The van der Waals surface area contributed by atoms with E-state index < -0.39 is 0 Å². The molecule has 2 heterocycles. The summed E-state index contributed by atoms with van der Waals surface area (Å²) in [5.41, 5.74) is 12.5. The van der Waals surface area contributed by atoms with Crippen LogP contribution in [0.5, 0.6) is 11.5 Å². The number of nitrogens with zero attached hydrogens (tertiary/aromatic N) is 3. The Hall–Kier alpha value is -6.59. The normalized spacial score (nSPS) is 11.5. The van der Waals surface area contributed by atoms with Crippen molar-refractivity contribution in [2.45, 2.75) is 6.92 Å². The average molecular weight is 669 g/mol. The molecule has 0 radical (unpaired) electrons. The molecule has 9 aromatic rings. The second-order valence-corrected chi connectivity index (χ2v) is 13.4. The number of phenolic OH excluding ortho intramolecular Hbond substituents is 2. The number of rotatable bonds is 5. The number of aromatic nitrogens is 3. The first-order valence-electron chi connectivity index (χ1n) is 17.5. The lowest BCUT2D eigenvalue weighted by Crippen LogP contribution is -2.27. The summed E-state index contributed by atoms with van der Waals surface area (Å²) in [5.74, 6) is 0.562. The minimum Gasteiger partial charge on any atom is -0.505 e. The average Bonchev–Trinajstić information content (AvgIpc) is 3.58. The lowest BCUT2D eigenvalue weighted by molar-refractivity contribution is 0.404. The van der Waals surface area contributed by atoms with E-state index in [2.05, 4.69) is 125 Å². The van der Waals surface area contributed by atoms with E-state index in [4.69, 9.17) is 4.98 Å². The zero-order valence-electron chi connectivity index (χ0n) is 29.1. The number of imidazole rings is 1. The van der Waals surface area contributed by atoms with Crippen LogP contribution in [0.25, 0.3) is 83.0 Å². The molecule has 0 aliphatic heterocycles. The molecule has 2 N–H and O–H groups in total. The Balaban J connectivity index is 1.32. The molecule has 0 saturated carbocycles.